The fourth-order valence-corrected chi connectivity index (χ4v) is 3.66. The summed E-state index contributed by atoms with van der Waals surface area (Å²) in [6.45, 7) is 3.29. The van der Waals surface area contributed by atoms with E-state index in [1.807, 2.05) is 17.4 Å². The van der Waals surface area contributed by atoms with Crippen molar-refractivity contribution in [3.05, 3.63) is 45.0 Å². The summed E-state index contributed by atoms with van der Waals surface area (Å²) < 4.78 is 6.62. The van der Waals surface area contributed by atoms with Crippen molar-refractivity contribution >= 4 is 27.3 Å². The fourth-order valence-electron chi connectivity index (χ4n) is 2.10. The van der Waals surface area contributed by atoms with E-state index in [4.69, 9.17) is 4.42 Å². The van der Waals surface area contributed by atoms with Gasteiger partial charge in [-0.2, -0.15) is 0 Å². The van der Waals surface area contributed by atoms with Crippen LogP contribution in [0.15, 0.2) is 38.7 Å². The van der Waals surface area contributed by atoms with Crippen LogP contribution in [0.2, 0.25) is 0 Å². The molecule has 2 heterocycles. The molecule has 1 N–H and O–H groups in total. The quantitative estimate of drug-likeness (QED) is 0.756. The zero-order chi connectivity index (χ0) is 13.5. The summed E-state index contributed by atoms with van der Waals surface area (Å²) in [7, 11) is 0. The van der Waals surface area contributed by atoms with Crippen LogP contribution in [-0.2, 0) is 12.8 Å². The molecule has 2 rings (SSSR count). The lowest BCUT2D eigenvalue weighted by Gasteiger charge is -2.17. The van der Waals surface area contributed by atoms with Gasteiger partial charge in [-0.25, -0.2) is 0 Å². The minimum Gasteiger partial charge on any atom is -0.469 e. The van der Waals surface area contributed by atoms with Gasteiger partial charge in [-0.1, -0.05) is 6.92 Å². The van der Waals surface area contributed by atoms with Crippen LogP contribution in [0.1, 0.15) is 30.4 Å². The van der Waals surface area contributed by atoms with E-state index in [1.165, 1.54) is 15.1 Å². The largest absolute Gasteiger partial charge is 0.469 e. The number of nitrogens with one attached hydrogen (secondary N) is 1. The van der Waals surface area contributed by atoms with Crippen molar-refractivity contribution in [1.82, 2.24) is 5.32 Å². The molecule has 0 saturated carbocycles. The molecule has 2 aromatic heterocycles. The molecule has 0 aromatic carbocycles. The smallest absolute Gasteiger partial charge is 0.103 e. The Labute approximate surface area is 127 Å². The van der Waals surface area contributed by atoms with Gasteiger partial charge in [0.05, 0.1) is 10.0 Å². The second-order valence-electron chi connectivity index (χ2n) is 4.68. The molecule has 104 valence electrons. The minimum atomic E-state index is 0.524. The van der Waals surface area contributed by atoms with Crippen molar-refractivity contribution in [2.45, 2.75) is 38.6 Å². The van der Waals surface area contributed by atoms with Crippen LogP contribution >= 0.6 is 27.3 Å². The van der Waals surface area contributed by atoms with Gasteiger partial charge >= 0.3 is 0 Å². The van der Waals surface area contributed by atoms with E-state index in [-0.39, 0.29) is 0 Å². The molecule has 0 aliphatic heterocycles. The van der Waals surface area contributed by atoms with Gasteiger partial charge in [-0.15, -0.1) is 11.3 Å². The van der Waals surface area contributed by atoms with Crippen LogP contribution in [0.4, 0.5) is 0 Å². The van der Waals surface area contributed by atoms with Crippen LogP contribution in [0.25, 0.3) is 0 Å². The molecule has 19 heavy (non-hydrogen) atoms. The third-order valence-corrected chi connectivity index (χ3v) is 4.72. The first-order chi connectivity index (χ1) is 9.28. The lowest BCUT2D eigenvalue weighted by atomic mass is 10.1. The Bertz CT molecular complexity index is 466. The highest BCUT2D eigenvalue weighted by atomic mass is 79.9. The molecule has 2 aromatic rings. The molecule has 1 unspecified atom stereocenters. The molecular weight excluding hydrogens is 322 g/mol. The summed E-state index contributed by atoms with van der Waals surface area (Å²) in [6.07, 6.45) is 6.13. The van der Waals surface area contributed by atoms with Crippen molar-refractivity contribution in [2.24, 2.45) is 0 Å². The van der Waals surface area contributed by atoms with Gasteiger partial charge in [0, 0.05) is 17.3 Å². The van der Waals surface area contributed by atoms with Gasteiger partial charge in [0.1, 0.15) is 5.76 Å². The molecule has 0 bridgehead atoms. The number of aryl methyl sites for hydroxylation is 1. The first kappa shape index (κ1) is 14.8. The second kappa shape index (κ2) is 7.88. The van der Waals surface area contributed by atoms with E-state index >= 15 is 0 Å². The number of furan rings is 1. The molecule has 0 radical (unpaired) electrons. The third kappa shape index (κ3) is 5.13. The Balaban J connectivity index is 1.87. The van der Waals surface area contributed by atoms with Crippen LogP contribution < -0.4 is 5.32 Å². The summed E-state index contributed by atoms with van der Waals surface area (Å²) in [5.41, 5.74) is 0. The van der Waals surface area contributed by atoms with Crippen molar-refractivity contribution < 1.29 is 4.42 Å². The van der Waals surface area contributed by atoms with Crippen LogP contribution in [0.5, 0.6) is 0 Å². The van der Waals surface area contributed by atoms with Gasteiger partial charge < -0.3 is 9.73 Å². The maximum atomic E-state index is 5.41. The Morgan fingerprint density at radius 3 is 2.89 bits per heavy atom. The maximum Gasteiger partial charge on any atom is 0.103 e. The van der Waals surface area contributed by atoms with Gasteiger partial charge in [-0.3, -0.25) is 0 Å². The number of hydrogen-bond acceptors (Lipinski definition) is 3. The number of thiophene rings is 1. The average Bonchev–Trinajstić information content (AvgIpc) is 3.04. The van der Waals surface area contributed by atoms with Crippen molar-refractivity contribution in [3.63, 3.8) is 0 Å². The Kier molecular flexibility index (Phi) is 6.14. The molecule has 1 atom stereocenters. The Hall–Kier alpha value is -0.580. The fraction of sp³-hybridized carbons (Fsp3) is 0.467. The molecule has 0 spiro atoms. The topological polar surface area (TPSA) is 25.2 Å². The lowest BCUT2D eigenvalue weighted by Crippen LogP contribution is -2.32. The number of hydrogen-bond donors (Lipinski definition) is 1. The van der Waals surface area contributed by atoms with Crippen LogP contribution in [0.3, 0.4) is 0 Å². The molecule has 4 heteroatoms. The first-order valence-electron chi connectivity index (χ1n) is 6.78. The Morgan fingerprint density at radius 2 is 2.26 bits per heavy atom. The zero-order valence-corrected chi connectivity index (χ0v) is 13.6. The third-order valence-electron chi connectivity index (χ3n) is 3.08. The highest BCUT2D eigenvalue weighted by molar-refractivity contribution is 9.11. The van der Waals surface area contributed by atoms with E-state index < -0.39 is 0 Å². The molecule has 0 aliphatic carbocycles. The van der Waals surface area contributed by atoms with E-state index in [9.17, 15) is 0 Å². The van der Waals surface area contributed by atoms with Crippen molar-refractivity contribution in [3.8, 4) is 0 Å². The van der Waals surface area contributed by atoms with E-state index in [0.717, 1.165) is 31.6 Å². The zero-order valence-electron chi connectivity index (χ0n) is 11.2. The summed E-state index contributed by atoms with van der Waals surface area (Å²) >= 11 is 5.35. The second-order valence-corrected chi connectivity index (χ2v) is 7.23. The molecule has 0 amide bonds. The van der Waals surface area contributed by atoms with Crippen LogP contribution in [0, 0.1) is 0 Å². The van der Waals surface area contributed by atoms with Gasteiger partial charge in [0.2, 0.25) is 0 Å². The molecule has 2 nitrogen and oxygen atoms in total. The van der Waals surface area contributed by atoms with Gasteiger partial charge in [0.15, 0.2) is 0 Å². The molecular formula is C15H20BrNOS. The summed E-state index contributed by atoms with van der Waals surface area (Å²) in [5.74, 6) is 1.08. The highest BCUT2D eigenvalue weighted by Crippen LogP contribution is 2.24. The number of rotatable bonds is 8. The first-order valence-corrected chi connectivity index (χ1v) is 8.39. The molecule has 0 saturated heterocycles. The monoisotopic (exact) mass is 341 g/mol. The maximum absolute atomic E-state index is 5.41. The van der Waals surface area contributed by atoms with Crippen LogP contribution in [-0.4, -0.2) is 12.6 Å². The highest BCUT2D eigenvalue weighted by Gasteiger charge is 2.11. The van der Waals surface area contributed by atoms with E-state index in [1.54, 1.807) is 6.26 Å². The average molecular weight is 342 g/mol. The van der Waals surface area contributed by atoms with Crippen molar-refractivity contribution in [2.75, 3.05) is 6.54 Å². The SMILES string of the molecule is CCCNC(CCc1ccco1)Cc1ccc(Br)s1. The summed E-state index contributed by atoms with van der Waals surface area (Å²) in [4.78, 5) is 1.43. The lowest BCUT2D eigenvalue weighted by molar-refractivity contribution is 0.442. The van der Waals surface area contributed by atoms with Gasteiger partial charge in [0.25, 0.3) is 0 Å². The van der Waals surface area contributed by atoms with Crippen molar-refractivity contribution in [1.29, 1.82) is 0 Å². The standard InChI is InChI=1S/C15H20BrNOS/c1-2-9-17-12(5-6-13-4-3-10-18-13)11-14-7-8-15(16)19-14/h3-4,7-8,10,12,17H,2,5-6,9,11H2,1H3. The predicted octanol–water partition coefficient (Wildman–Crippen LogP) is 4.65. The number of halogens is 1. The van der Waals surface area contributed by atoms with E-state index in [2.05, 4.69) is 46.4 Å². The Morgan fingerprint density at radius 1 is 1.37 bits per heavy atom. The summed E-state index contributed by atoms with van der Waals surface area (Å²) in [6, 6.07) is 8.88. The molecule has 0 fully saturated rings. The normalized spacial score (nSPS) is 12.7. The summed E-state index contributed by atoms with van der Waals surface area (Å²) in [5, 5.41) is 3.64. The van der Waals surface area contributed by atoms with Gasteiger partial charge in [-0.05, 0) is 66.0 Å². The minimum absolute atomic E-state index is 0.524. The predicted molar refractivity (Wildman–Crippen MR) is 84.8 cm³/mol. The van der Waals surface area contributed by atoms with E-state index in [0.29, 0.717) is 6.04 Å². The molecule has 0 aliphatic rings.